The Balaban J connectivity index is 1.35. The molecule has 0 aliphatic heterocycles. The van der Waals surface area contributed by atoms with E-state index < -0.39 is 6.29 Å². The van der Waals surface area contributed by atoms with Gasteiger partial charge in [-0.2, -0.15) is 5.10 Å². The number of fused-ring (bicyclic) bond motifs is 1. The Morgan fingerprint density at radius 3 is 2.25 bits per heavy atom. The Kier molecular flexibility index (Phi) is 7.49. The first-order valence-electron chi connectivity index (χ1n) is 10.7. The summed E-state index contributed by atoms with van der Waals surface area (Å²) in [6, 6.07) is 15.0. The van der Waals surface area contributed by atoms with Gasteiger partial charge in [0.15, 0.2) is 6.29 Å². The van der Waals surface area contributed by atoms with E-state index in [0.29, 0.717) is 5.56 Å². The first-order valence-corrected chi connectivity index (χ1v) is 11.5. The quantitative estimate of drug-likeness (QED) is 0.253. The average Bonchev–Trinajstić information content (AvgIpc) is 3.39. The highest BCUT2D eigenvalue weighted by Crippen LogP contribution is 2.29. The van der Waals surface area contributed by atoms with Crippen molar-refractivity contribution in [1.29, 1.82) is 0 Å². The zero-order chi connectivity index (χ0) is 22.3. The predicted molar refractivity (Wildman–Crippen MR) is 125 cm³/mol. The number of unbranched alkanes of at least 4 members (excludes halogenated alkanes) is 3. The van der Waals surface area contributed by atoms with Crippen molar-refractivity contribution < 1.29 is 19.7 Å². The lowest BCUT2D eigenvalue weighted by atomic mass is 10.1. The number of hydrogen-bond acceptors (Lipinski definition) is 7. The van der Waals surface area contributed by atoms with Gasteiger partial charge in [-0.15, -0.1) is 0 Å². The summed E-state index contributed by atoms with van der Waals surface area (Å²) in [5.74, 6) is 0.866. The standard InChI is InChI=1S/C24H27N3O4S/c1-30-14-4-2-3-5-15-31-20-12-10-18(11-13-20)22-26-27-16-21(25-24(27)32-22)17-6-8-19(9-7-17)23(28)29/h6-13,16,23,28-29H,2-5,14-15H2,1H3. The number of methoxy groups -OCH3 is 1. The molecule has 168 valence electrons. The molecular formula is C24H27N3O4S. The molecule has 0 saturated heterocycles. The molecule has 0 fully saturated rings. The Bertz CT molecular complexity index is 1090. The third kappa shape index (κ3) is 5.52. The molecule has 0 radical (unpaired) electrons. The van der Waals surface area contributed by atoms with Gasteiger partial charge in [0.1, 0.15) is 10.8 Å². The fourth-order valence-corrected chi connectivity index (χ4v) is 4.25. The topological polar surface area (TPSA) is 89.1 Å². The predicted octanol–water partition coefficient (Wildman–Crippen LogP) is 4.69. The summed E-state index contributed by atoms with van der Waals surface area (Å²) in [5.41, 5.74) is 3.16. The van der Waals surface area contributed by atoms with Gasteiger partial charge in [-0.25, -0.2) is 9.50 Å². The minimum atomic E-state index is -1.47. The largest absolute Gasteiger partial charge is 0.494 e. The summed E-state index contributed by atoms with van der Waals surface area (Å²) in [6.45, 7) is 1.55. The minimum Gasteiger partial charge on any atom is -0.494 e. The molecule has 0 bridgehead atoms. The summed E-state index contributed by atoms with van der Waals surface area (Å²) < 4.78 is 12.7. The van der Waals surface area contributed by atoms with E-state index in [1.807, 2.05) is 42.6 Å². The Morgan fingerprint density at radius 2 is 1.59 bits per heavy atom. The van der Waals surface area contributed by atoms with Crippen molar-refractivity contribution in [1.82, 2.24) is 14.6 Å². The summed E-state index contributed by atoms with van der Waals surface area (Å²) in [7, 11) is 1.74. The molecule has 0 aliphatic rings. The molecule has 2 N–H and O–H groups in total. The maximum atomic E-state index is 9.23. The molecule has 8 heteroatoms. The zero-order valence-corrected chi connectivity index (χ0v) is 18.8. The molecule has 4 rings (SSSR count). The van der Waals surface area contributed by atoms with Crippen molar-refractivity contribution in [3.05, 3.63) is 60.3 Å². The number of ether oxygens (including phenoxy) is 2. The van der Waals surface area contributed by atoms with Gasteiger partial charge in [0.2, 0.25) is 4.96 Å². The van der Waals surface area contributed by atoms with Gasteiger partial charge < -0.3 is 19.7 Å². The number of hydrogen-bond donors (Lipinski definition) is 2. The van der Waals surface area contributed by atoms with Crippen LogP contribution in [0.5, 0.6) is 5.75 Å². The van der Waals surface area contributed by atoms with Crippen LogP contribution in [0.1, 0.15) is 37.5 Å². The Morgan fingerprint density at radius 1 is 0.906 bits per heavy atom. The maximum Gasteiger partial charge on any atom is 0.213 e. The van der Waals surface area contributed by atoms with Gasteiger partial charge in [0.25, 0.3) is 0 Å². The fourth-order valence-electron chi connectivity index (χ4n) is 3.37. The molecule has 2 heterocycles. The molecule has 0 spiro atoms. The number of nitrogens with zero attached hydrogens (tertiary/aromatic N) is 3. The van der Waals surface area contributed by atoms with E-state index in [2.05, 4.69) is 10.1 Å². The summed E-state index contributed by atoms with van der Waals surface area (Å²) in [6.07, 6.45) is 4.87. The Labute approximate surface area is 190 Å². The van der Waals surface area contributed by atoms with Crippen molar-refractivity contribution >= 4 is 16.3 Å². The second-order valence-corrected chi connectivity index (χ2v) is 8.49. The van der Waals surface area contributed by atoms with E-state index in [0.717, 1.165) is 65.0 Å². The van der Waals surface area contributed by atoms with Gasteiger partial charge in [0.05, 0.1) is 18.5 Å². The van der Waals surface area contributed by atoms with Crippen LogP contribution >= 0.6 is 11.3 Å². The van der Waals surface area contributed by atoms with E-state index in [1.54, 1.807) is 23.8 Å². The molecule has 2 aromatic heterocycles. The monoisotopic (exact) mass is 453 g/mol. The maximum absolute atomic E-state index is 9.23. The molecule has 0 unspecified atom stereocenters. The number of benzene rings is 2. The summed E-state index contributed by atoms with van der Waals surface area (Å²) in [5, 5.41) is 24.0. The molecule has 4 aromatic rings. The Hall–Kier alpha value is -2.78. The average molecular weight is 454 g/mol. The molecule has 0 saturated carbocycles. The summed E-state index contributed by atoms with van der Waals surface area (Å²) >= 11 is 1.52. The number of imidazole rings is 1. The molecule has 0 aliphatic carbocycles. The number of aliphatic hydroxyl groups is 2. The highest BCUT2D eigenvalue weighted by molar-refractivity contribution is 7.19. The molecule has 0 amide bonds. The van der Waals surface area contributed by atoms with Gasteiger partial charge in [0, 0.05) is 30.4 Å². The highest BCUT2D eigenvalue weighted by Gasteiger charge is 2.12. The molecule has 7 nitrogen and oxygen atoms in total. The second-order valence-electron chi connectivity index (χ2n) is 7.54. The van der Waals surface area contributed by atoms with E-state index in [1.165, 1.54) is 17.8 Å². The smallest absolute Gasteiger partial charge is 0.213 e. The second kappa shape index (κ2) is 10.7. The van der Waals surface area contributed by atoms with Crippen molar-refractivity contribution in [2.45, 2.75) is 32.0 Å². The van der Waals surface area contributed by atoms with Crippen LogP contribution in [0.2, 0.25) is 0 Å². The van der Waals surface area contributed by atoms with Crippen molar-refractivity contribution in [3.63, 3.8) is 0 Å². The van der Waals surface area contributed by atoms with Crippen LogP contribution in [0, 0.1) is 0 Å². The van der Waals surface area contributed by atoms with Crippen molar-refractivity contribution in [2.24, 2.45) is 0 Å². The summed E-state index contributed by atoms with van der Waals surface area (Å²) in [4.78, 5) is 5.46. The van der Waals surface area contributed by atoms with Gasteiger partial charge >= 0.3 is 0 Å². The van der Waals surface area contributed by atoms with Crippen LogP contribution in [0.4, 0.5) is 0 Å². The molecule has 2 aromatic carbocycles. The zero-order valence-electron chi connectivity index (χ0n) is 18.0. The fraction of sp³-hybridized carbons (Fsp3) is 0.333. The van der Waals surface area contributed by atoms with Gasteiger partial charge in [-0.3, -0.25) is 0 Å². The van der Waals surface area contributed by atoms with Crippen LogP contribution in [-0.2, 0) is 4.74 Å². The molecular weight excluding hydrogens is 426 g/mol. The molecule has 0 atom stereocenters. The lowest BCUT2D eigenvalue weighted by Crippen LogP contribution is -1.97. The molecule has 32 heavy (non-hydrogen) atoms. The van der Waals surface area contributed by atoms with Crippen LogP contribution in [0.3, 0.4) is 0 Å². The number of aromatic nitrogens is 3. The van der Waals surface area contributed by atoms with Crippen LogP contribution in [-0.4, -0.2) is 45.1 Å². The van der Waals surface area contributed by atoms with E-state index in [4.69, 9.17) is 9.47 Å². The first kappa shape index (κ1) is 22.4. The van der Waals surface area contributed by atoms with Crippen molar-refractivity contribution in [3.8, 4) is 27.6 Å². The number of rotatable bonds is 11. The van der Waals surface area contributed by atoms with Crippen molar-refractivity contribution in [2.75, 3.05) is 20.3 Å². The number of aliphatic hydroxyl groups excluding tert-OH is 1. The lowest BCUT2D eigenvalue weighted by Gasteiger charge is -2.06. The normalized spacial score (nSPS) is 11.5. The third-order valence-electron chi connectivity index (χ3n) is 5.16. The van der Waals surface area contributed by atoms with E-state index in [-0.39, 0.29) is 0 Å². The van der Waals surface area contributed by atoms with Crippen LogP contribution < -0.4 is 4.74 Å². The van der Waals surface area contributed by atoms with E-state index >= 15 is 0 Å². The third-order valence-corrected chi connectivity index (χ3v) is 6.13. The first-order chi connectivity index (χ1) is 15.6. The lowest BCUT2D eigenvalue weighted by molar-refractivity contribution is -0.0424. The van der Waals surface area contributed by atoms with Crippen LogP contribution in [0.15, 0.2) is 54.7 Å². The van der Waals surface area contributed by atoms with Gasteiger partial charge in [-0.05, 0) is 43.5 Å². The SMILES string of the molecule is COCCCCCCOc1ccc(-c2nn3cc(-c4ccc(C(O)O)cc4)nc3s2)cc1. The van der Waals surface area contributed by atoms with Crippen LogP contribution in [0.25, 0.3) is 26.8 Å². The highest BCUT2D eigenvalue weighted by atomic mass is 32.1. The van der Waals surface area contributed by atoms with E-state index in [9.17, 15) is 10.2 Å². The minimum absolute atomic E-state index is 0.449. The van der Waals surface area contributed by atoms with Gasteiger partial charge in [-0.1, -0.05) is 42.0 Å².